The molecule has 102 valence electrons. The highest BCUT2D eigenvalue weighted by Gasteiger charge is 2.31. The number of likely N-dealkylation sites (tertiary alicyclic amines) is 1. The SMILES string of the molecule is CC[C@H](C)CC1CCC(N2CC[C@@H](C#N)C2)CC1. The molecule has 0 aromatic rings. The van der Waals surface area contributed by atoms with E-state index in [0.717, 1.165) is 30.8 Å². The fourth-order valence-corrected chi connectivity index (χ4v) is 3.71. The lowest BCUT2D eigenvalue weighted by Crippen LogP contribution is -2.36. The maximum Gasteiger partial charge on any atom is 0.0669 e. The Morgan fingerprint density at radius 3 is 2.50 bits per heavy atom. The van der Waals surface area contributed by atoms with E-state index in [1.165, 1.54) is 45.1 Å². The molecule has 2 atom stereocenters. The first-order valence-electron chi connectivity index (χ1n) is 7.86. The van der Waals surface area contributed by atoms with Gasteiger partial charge in [0.15, 0.2) is 0 Å². The van der Waals surface area contributed by atoms with Crippen molar-refractivity contribution in [1.82, 2.24) is 4.90 Å². The van der Waals surface area contributed by atoms with Crippen molar-refractivity contribution in [2.24, 2.45) is 17.8 Å². The summed E-state index contributed by atoms with van der Waals surface area (Å²) < 4.78 is 0. The van der Waals surface area contributed by atoms with Crippen molar-refractivity contribution in [2.45, 2.75) is 64.8 Å². The Morgan fingerprint density at radius 1 is 1.22 bits per heavy atom. The fourth-order valence-electron chi connectivity index (χ4n) is 3.71. The zero-order valence-electron chi connectivity index (χ0n) is 12.1. The average molecular weight is 248 g/mol. The van der Waals surface area contributed by atoms with Gasteiger partial charge in [-0.1, -0.05) is 20.3 Å². The van der Waals surface area contributed by atoms with Gasteiger partial charge in [0.2, 0.25) is 0 Å². The molecule has 2 heteroatoms. The first-order chi connectivity index (χ1) is 8.72. The Kier molecular flexibility index (Phi) is 5.06. The van der Waals surface area contributed by atoms with Gasteiger partial charge in [-0.05, 0) is 56.9 Å². The lowest BCUT2D eigenvalue weighted by Gasteiger charge is -2.35. The van der Waals surface area contributed by atoms with Crippen molar-refractivity contribution in [3.8, 4) is 6.07 Å². The van der Waals surface area contributed by atoms with E-state index >= 15 is 0 Å². The molecule has 0 unspecified atom stereocenters. The van der Waals surface area contributed by atoms with E-state index in [1.54, 1.807) is 0 Å². The van der Waals surface area contributed by atoms with Crippen LogP contribution in [0.1, 0.15) is 58.8 Å². The first kappa shape index (κ1) is 13.9. The highest BCUT2D eigenvalue weighted by atomic mass is 15.2. The van der Waals surface area contributed by atoms with Crippen LogP contribution in [0.4, 0.5) is 0 Å². The standard InChI is InChI=1S/C16H28N2/c1-3-13(2)10-14-4-6-16(7-5-14)18-9-8-15(11-17)12-18/h13-16H,3-10,12H2,1-2H3/t13-,14?,15-,16?/m0/s1. The summed E-state index contributed by atoms with van der Waals surface area (Å²) in [5, 5.41) is 8.97. The molecule has 2 fully saturated rings. The lowest BCUT2D eigenvalue weighted by atomic mass is 9.80. The first-order valence-corrected chi connectivity index (χ1v) is 7.86. The third kappa shape index (κ3) is 3.48. The van der Waals surface area contributed by atoms with Crippen molar-refractivity contribution < 1.29 is 0 Å². The third-order valence-electron chi connectivity index (χ3n) is 5.17. The second-order valence-corrected chi connectivity index (χ2v) is 6.53. The molecule has 2 nitrogen and oxygen atoms in total. The summed E-state index contributed by atoms with van der Waals surface area (Å²) in [5.41, 5.74) is 0. The minimum Gasteiger partial charge on any atom is -0.299 e. The smallest absolute Gasteiger partial charge is 0.0669 e. The predicted molar refractivity (Wildman–Crippen MR) is 75.1 cm³/mol. The minimum absolute atomic E-state index is 0.308. The van der Waals surface area contributed by atoms with Crippen molar-refractivity contribution >= 4 is 0 Å². The van der Waals surface area contributed by atoms with Crippen molar-refractivity contribution in [3.63, 3.8) is 0 Å². The zero-order valence-corrected chi connectivity index (χ0v) is 12.1. The molecule has 1 saturated carbocycles. The molecule has 0 N–H and O–H groups in total. The van der Waals surface area contributed by atoms with Gasteiger partial charge in [0.1, 0.15) is 0 Å². The van der Waals surface area contributed by atoms with E-state index in [4.69, 9.17) is 5.26 Å². The average Bonchev–Trinajstić information content (AvgIpc) is 2.88. The summed E-state index contributed by atoms with van der Waals surface area (Å²) in [4.78, 5) is 2.59. The summed E-state index contributed by atoms with van der Waals surface area (Å²) in [6, 6.07) is 3.22. The van der Waals surface area contributed by atoms with Crippen LogP contribution in [0, 0.1) is 29.1 Å². The van der Waals surface area contributed by atoms with Crippen LogP contribution in [0.15, 0.2) is 0 Å². The number of nitrogens with zero attached hydrogens (tertiary/aromatic N) is 2. The maximum atomic E-state index is 8.97. The van der Waals surface area contributed by atoms with Gasteiger partial charge >= 0.3 is 0 Å². The van der Waals surface area contributed by atoms with Crippen LogP contribution in [0.5, 0.6) is 0 Å². The fraction of sp³-hybridized carbons (Fsp3) is 0.938. The molecule has 1 aliphatic carbocycles. The normalized spacial score (nSPS) is 35.3. The van der Waals surface area contributed by atoms with Gasteiger partial charge in [0.25, 0.3) is 0 Å². The Hall–Kier alpha value is -0.550. The molecule has 0 spiro atoms. The van der Waals surface area contributed by atoms with Crippen LogP contribution in [-0.2, 0) is 0 Å². The number of rotatable bonds is 4. The topological polar surface area (TPSA) is 27.0 Å². The molecule has 18 heavy (non-hydrogen) atoms. The minimum atomic E-state index is 0.308. The summed E-state index contributed by atoms with van der Waals surface area (Å²) in [7, 11) is 0. The predicted octanol–water partition coefficient (Wildman–Crippen LogP) is 3.83. The molecule has 2 aliphatic rings. The molecule has 1 aliphatic heterocycles. The van der Waals surface area contributed by atoms with Crippen molar-refractivity contribution in [3.05, 3.63) is 0 Å². The second kappa shape index (κ2) is 6.57. The van der Waals surface area contributed by atoms with E-state index < -0.39 is 0 Å². The molecule has 0 aromatic carbocycles. The summed E-state index contributed by atoms with van der Waals surface area (Å²) >= 11 is 0. The van der Waals surface area contributed by atoms with Crippen LogP contribution in [0.2, 0.25) is 0 Å². The molecule has 0 radical (unpaired) electrons. The monoisotopic (exact) mass is 248 g/mol. The van der Waals surface area contributed by atoms with Gasteiger partial charge in [0.05, 0.1) is 12.0 Å². The largest absolute Gasteiger partial charge is 0.299 e. The van der Waals surface area contributed by atoms with Crippen LogP contribution in [0.25, 0.3) is 0 Å². The highest BCUT2D eigenvalue weighted by molar-refractivity contribution is 4.93. The van der Waals surface area contributed by atoms with Gasteiger partial charge in [-0.15, -0.1) is 0 Å². The molecule has 0 aromatic heterocycles. The number of nitriles is 1. The van der Waals surface area contributed by atoms with E-state index in [0.29, 0.717) is 5.92 Å². The molecule has 0 amide bonds. The van der Waals surface area contributed by atoms with Gasteiger partial charge in [-0.3, -0.25) is 4.90 Å². The third-order valence-corrected chi connectivity index (χ3v) is 5.17. The molecule has 0 bridgehead atoms. The second-order valence-electron chi connectivity index (χ2n) is 6.53. The lowest BCUT2D eigenvalue weighted by molar-refractivity contribution is 0.152. The molecule has 1 saturated heterocycles. The van der Waals surface area contributed by atoms with Gasteiger partial charge < -0.3 is 0 Å². The van der Waals surface area contributed by atoms with Crippen molar-refractivity contribution in [2.75, 3.05) is 13.1 Å². The van der Waals surface area contributed by atoms with E-state index in [9.17, 15) is 0 Å². The van der Waals surface area contributed by atoms with Crippen molar-refractivity contribution in [1.29, 1.82) is 5.26 Å². The maximum absolute atomic E-state index is 8.97. The highest BCUT2D eigenvalue weighted by Crippen LogP contribution is 2.34. The molecular formula is C16H28N2. The summed E-state index contributed by atoms with van der Waals surface area (Å²) in [5.74, 6) is 2.19. The van der Waals surface area contributed by atoms with Crippen LogP contribution in [-0.4, -0.2) is 24.0 Å². The Bertz CT molecular complexity index is 286. The zero-order chi connectivity index (χ0) is 13.0. The van der Waals surface area contributed by atoms with Gasteiger partial charge in [-0.2, -0.15) is 5.26 Å². The number of hydrogen-bond donors (Lipinski definition) is 0. The summed E-state index contributed by atoms with van der Waals surface area (Å²) in [6.07, 6.45) is 9.45. The van der Waals surface area contributed by atoms with Gasteiger partial charge in [-0.25, -0.2) is 0 Å². The van der Waals surface area contributed by atoms with E-state index in [-0.39, 0.29) is 0 Å². The molecular weight excluding hydrogens is 220 g/mol. The van der Waals surface area contributed by atoms with E-state index in [1.807, 2.05) is 0 Å². The molecule has 2 rings (SSSR count). The quantitative estimate of drug-likeness (QED) is 0.756. The Labute approximate surface area is 112 Å². The van der Waals surface area contributed by atoms with E-state index in [2.05, 4.69) is 24.8 Å². The Balaban J connectivity index is 1.72. The molecule has 1 heterocycles. The summed E-state index contributed by atoms with van der Waals surface area (Å²) in [6.45, 7) is 6.91. The van der Waals surface area contributed by atoms with Crippen LogP contribution >= 0.6 is 0 Å². The van der Waals surface area contributed by atoms with Crippen LogP contribution in [0.3, 0.4) is 0 Å². The number of hydrogen-bond acceptors (Lipinski definition) is 2. The van der Waals surface area contributed by atoms with Crippen LogP contribution < -0.4 is 0 Å². The van der Waals surface area contributed by atoms with Gasteiger partial charge in [0, 0.05) is 12.6 Å². The Morgan fingerprint density at radius 2 is 1.94 bits per heavy atom.